The van der Waals surface area contributed by atoms with Gasteiger partial charge < -0.3 is 16.4 Å². The van der Waals surface area contributed by atoms with Crippen molar-refractivity contribution in [3.63, 3.8) is 0 Å². The van der Waals surface area contributed by atoms with Gasteiger partial charge in [0.2, 0.25) is 0 Å². The van der Waals surface area contributed by atoms with Crippen LogP contribution in [0.25, 0.3) is 44.5 Å². The maximum atomic E-state index is 6.85. The van der Waals surface area contributed by atoms with Crippen molar-refractivity contribution in [2.75, 3.05) is 16.4 Å². The smallest absolute Gasteiger partial charge is 0.0691 e. The average molecular weight is 692 g/mol. The van der Waals surface area contributed by atoms with Gasteiger partial charge in [0, 0.05) is 22.6 Å². The molecule has 0 radical (unpaired) electrons. The van der Waals surface area contributed by atoms with Crippen LogP contribution < -0.4 is 16.4 Å². The number of benzene rings is 7. The fourth-order valence-electron chi connectivity index (χ4n) is 6.96. The Bertz CT molecular complexity index is 2360. The molecule has 0 heterocycles. The first-order valence-corrected chi connectivity index (χ1v) is 18.4. The molecule has 0 spiro atoms. The van der Waals surface area contributed by atoms with Crippen molar-refractivity contribution in [1.29, 1.82) is 0 Å². The van der Waals surface area contributed by atoms with Crippen molar-refractivity contribution in [3.8, 4) is 44.5 Å². The molecular weight excluding hydrogens is 643 g/mol. The van der Waals surface area contributed by atoms with Crippen molar-refractivity contribution in [2.45, 2.75) is 52.4 Å². The van der Waals surface area contributed by atoms with Crippen molar-refractivity contribution in [3.05, 3.63) is 175 Å². The van der Waals surface area contributed by atoms with Crippen LogP contribution in [0, 0.1) is 0 Å². The molecule has 264 valence electrons. The predicted molar refractivity (Wildman–Crippen MR) is 229 cm³/mol. The Morgan fingerprint density at radius 3 is 1.55 bits per heavy atom. The summed E-state index contributed by atoms with van der Waals surface area (Å²) in [5.41, 5.74) is 29.5. The van der Waals surface area contributed by atoms with Gasteiger partial charge in [0.1, 0.15) is 0 Å². The minimum atomic E-state index is -0.104. The molecule has 0 saturated heterocycles. The van der Waals surface area contributed by atoms with E-state index in [0.717, 1.165) is 56.1 Å². The summed E-state index contributed by atoms with van der Waals surface area (Å²) in [5, 5.41) is 0. The molecule has 53 heavy (non-hydrogen) atoms. The predicted octanol–water partition coefficient (Wildman–Crippen LogP) is 13.6. The maximum Gasteiger partial charge on any atom is 0.0691 e. The number of hydrogen-bond donors (Lipinski definition) is 2. The molecule has 3 nitrogen and oxygen atoms in total. The summed E-state index contributed by atoms with van der Waals surface area (Å²) in [6.07, 6.45) is 0. The van der Waals surface area contributed by atoms with Gasteiger partial charge in [-0.15, -0.1) is 0 Å². The molecule has 0 unspecified atom stereocenters. The third kappa shape index (κ3) is 7.47. The van der Waals surface area contributed by atoms with Crippen LogP contribution >= 0.6 is 0 Å². The van der Waals surface area contributed by atoms with E-state index in [9.17, 15) is 0 Å². The largest absolute Gasteiger partial charge is 0.398 e. The number of nitrogens with zero attached hydrogens (tertiary/aromatic N) is 1. The van der Waals surface area contributed by atoms with Gasteiger partial charge in [-0.05, 0) is 109 Å². The first kappa shape index (κ1) is 35.3. The van der Waals surface area contributed by atoms with E-state index in [2.05, 4.69) is 192 Å². The zero-order valence-corrected chi connectivity index (χ0v) is 31.7. The van der Waals surface area contributed by atoms with Gasteiger partial charge in [-0.1, -0.05) is 157 Å². The lowest BCUT2D eigenvalue weighted by atomic mass is 9.83. The van der Waals surface area contributed by atoms with E-state index >= 15 is 0 Å². The molecule has 3 heteroatoms. The zero-order chi connectivity index (χ0) is 37.3. The topological polar surface area (TPSA) is 55.3 Å². The van der Waals surface area contributed by atoms with Gasteiger partial charge in [-0.3, -0.25) is 0 Å². The van der Waals surface area contributed by atoms with Crippen LogP contribution in [0.2, 0.25) is 0 Å². The Hall–Kier alpha value is -6.06. The highest BCUT2D eigenvalue weighted by Gasteiger charge is 2.24. The van der Waals surface area contributed by atoms with E-state index in [1.807, 2.05) is 18.2 Å². The molecule has 0 fully saturated rings. The molecule has 0 aliphatic heterocycles. The molecule has 0 bridgehead atoms. The van der Waals surface area contributed by atoms with Crippen molar-refractivity contribution < 1.29 is 0 Å². The Kier molecular flexibility index (Phi) is 9.45. The minimum Gasteiger partial charge on any atom is -0.398 e. The van der Waals surface area contributed by atoms with Crippen LogP contribution in [0.3, 0.4) is 0 Å². The molecule has 0 aliphatic carbocycles. The SMILES string of the molecule is CC(C)(C)c1cc(-c2ccc(-c3ccccc3)cc2)cc(N(c2ccc(-c3ccccc3)c(-c3cc(C(C)(C)C)ccc3N)c2)c2ccccc2N)c1. The minimum absolute atomic E-state index is 0.0411. The molecule has 7 aromatic rings. The first-order valence-electron chi connectivity index (χ1n) is 18.4. The van der Waals surface area contributed by atoms with Crippen molar-refractivity contribution in [2.24, 2.45) is 0 Å². The second-order valence-corrected chi connectivity index (χ2v) is 16.0. The summed E-state index contributed by atoms with van der Waals surface area (Å²) in [7, 11) is 0. The van der Waals surface area contributed by atoms with Gasteiger partial charge in [-0.2, -0.15) is 0 Å². The summed E-state index contributed by atoms with van der Waals surface area (Å²) >= 11 is 0. The van der Waals surface area contributed by atoms with Crippen molar-refractivity contribution >= 4 is 28.4 Å². The quantitative estimate of drug-likeness (QED) is 0.164. The zero-order valence-electron chi connectivity index (χ0n) is 31.7. The van der Waals surface area contributed by atoms with E-state index in [0.29, 0.717) is 5.69 Å². The summed E-state index contributed by atoms with van der Waals surface area (Å²) in [4.78, 5) is 2.30. The van der Waals surface area contributed by atoms with E-state index in [4.69, 9.17) is 11.5 Å². The van der Waals surface area contributed by atoms with E-state index < -0.39 is 0 Å². The second-order valence-electron chi connectivity index (χ2n) is 16.0. The molecule has 7 aromatic carbocycles. The average Bonchev–Trinajstić information content (AvgIpc) is 3.16. The molecule has 0 aliphatic rings. The number of nitrogen functional groups attached to an aromatic ring is 2. The van der Waals surface area contributed by atoms with Gasteiger partial charge in [0.15, 0.2) is 0 Å². The molecule has 0 atom stereocenters. The third-order valence-electron chi connectivity index (χ3n) is 10.1. The Balaban J connectivity index is 1.46. The number of para-hydroxylation sites is 2. The second kappa shape index (κ2) is 14.2. The summed E-state index contributed by atoms with van der Waals surface area (Å²) < 4.78 is 0. The van der Waals surface area contributed by atoms with Gasteiger partial charge in [-0.25, -0.2) is 0 Å². The summed E-state index contributed by atoms with van der Waals surface area (Å²) in [5.74, 6) is 0. The van der Waals surface area contributed by atoms with Crippen LogP contribution in [-0.4, -0.2) is 0 Å². The summed E-state index contributed by atoms with van der Waals surface area (Å²) in [6.45, 7) is 13.5. The molecule has 0 aromatic heterocycles. The highest BCUT2D eigenvalue weighted by molar-refractivity contribution is 5.94. The number of hydrogen-bond acceptors (Lipinski definition) is 3. The number of anilines is 5. The van der Waals surface area contributed by atoms with Gasteiger partial charge in [0.25, 0.3) is 0 Å². The van der Waals surface area contributed by atoms with Crippen LogP contribution in [0.15, 0.2) is 164 Å². The van der Waals surface area contributed by atoms with Crippen LogP contribution in [0.5, 0.6) is 0 Å². The highest BCUT2D eigenvalue weighted by Crippen LogP contribution is 2.46. The van der Waals surface area contributed by atoms with E-state index in [-0.39, 0.29) is 10.8 Å². The Labute approximate surface area is 315 Å². The fraction of sp³-hybridized carbons (Fsp3) is 0.160. The van der Waals surface area contributed by atoms with E-state index in [1.165, 1.54) is 22.3 Å². The molecule has 4 N–H and O–H groups in total. The highest BCUT2D eigenvalue weighted by atomic mass is 15.2. The fourth-order valence-corrected chi connectivity index (χ4v) is 6.96. The Morgan fingerprint density at radius 1 is 0.358 bits per heavy atom. The summed E-state index contributed by atoms with van der Waals surface area (Å²) in [6, 6.07) is 58.2. The Morgan fingerprint density at radius 2 is 0.925 bits per heavy atom. The monoisotopic (exact) mass is 691 g/mol. The van der Waals surface area contributed by atoms with Gasteiger partial charge >= 0.3 is 0 Å². The third-order valence-corrected chi connectivity index (χ3v) is 10.1. The molecule has 0 amide bonds. The standard InChI is InChI=1S/C50H49N3/c1-49(2,3)39-25-28-46(51)45(32-39)44-33-41(26-27-43(44)37-17-11-8-12-18-37)53(48-20-14-13-19-47(48)52)42-30-38(29-40(31-42)50(4,5)6)36-23-21-35(22-24-36)34-15-9-7-10-16-34/h7-33H,51-52H2,1-6H3. The van der Waals surface area contributed by atoms with Crippen LogP contribution in [0.4, 0.5) is 28.4 Å². The van der Waals surface area contributed by atoms with E-state index in [1.54, 1.807) is 0 Å². The maximum absolute atomic E-state index is 6.85. The van der Waals surface area contributed by atoms with Crippen LogP contribution in [-0.2, 0) is 10.8 Å². The normalized spacial score (nSPS) is 11.7. The number of nitrogens with two attached hydrogens (primary N) is 2. The molecule has 7 rings (SSSR count). The lowest BCUT2D eigenvalue weighted by Crippen LogP contribution is -2.16. The molecular formula is C50H49N3. The number of rotatable bonds is 7. The first-order chi connectivity index (χ1) is 25.4. The van der Waals surface area contributed by atoms with Crippen LogP contribution in [0.1, 0.15) is 52.7 Å². The lowest BCUT2D eigenvalue weighted by Gasteiger charge is -2.30. The lowest BCUT2D eigenvalue weighted by molar-refractivity contribution is 0.590. The molecule has 0 saturated carbocycles. The van der Waals surface area contributed by atoms with Gasteiger partial charge in [0.05, 0.1) is 11.4 Å². The van der Waals surface area contributed by atoms with Crippen molar-refractivity contribution in [1.82, 2.24) is 0 Å².